The maximum absolute atomic E-state index is 5.97. The maximum Gasteiger partial charge on any atom is 0.134 e. The molecule has 0 aliphatic carbocycles. The zero-order valence-electron chi connectivity index (χ0n) is 10.5. The van der Waals surface area contributed by atoms with Crippen LogP contribution in [0, 0.1) is 0 Å². The zero-order valence-corrected chi connectivity index (χ0v) is 12.1. The van der Waals surface area contributed by atoms with Crippen molar-refractivity contribution in [1.82, 2.24) is 5.32 Å². The summed E-state index contributed by atoms with van der Waals surface area (Å²) in [7, 11) is 1.95. The molecule has 2 nitrogen and oxygen atoms in total. The minimum atomic E-state index is 0.169. The highest BCUT2D eigenvalue weighted by atomic mass is 35.5. The van der Waals surface area contributed by atoms with Gasteiger partial charge in [-0.15, -0.1) is 11.3 Å². The molecule has 1 atom stereocenters. The van der Waals surface area contributed by atoms with Crippen molar-refractivity contribution in [2.24, 2.45) is 0 Å². The van der Waals surface area contributed by atoms with Crippen molar-refractivity contribution in [3.8, 4) is 0 Å². The molecule has 1 unspecified atom stereocenters. The summed E-state index contributed by atoms with van der Waals surface area (Å²) in [6.45, 7) is 0. The minimum Gasteiger partial charge on any atom is -0.459 e. The minimum absolute atomic E-state index is 0.169. The molecular weight excluding hydrogens is 278 g/mol. The van der Waals surface area contributed by atoms with Gasteiger partial charge in [-0.25, -0.2) is 0 Å². The monoisotopic (exact) mass is 291 g/mol. The molecule has 0 spiro atoms. The molecule has 2 aromatic heterocycles. The van der Waals surface area contributed by atoms with E-state index >= 15 is 0 Å². The van der Waals surface area contributed by atoms with Crippen LogP contribution in [-0.2, 0) is 6.42 Å². The van der Waals surface area contributed by atoms with Crippen LogP contribution in [0.25, 0.3) is 11.0 Å². The van der Waals surface area contributed by atoms with Gasteiger partial charge in [0.15, 0.2) is 0 Å². The van der Waals surface area contributed by atoms with Gasteiger partial charge in [0.25, 0.3) is 0 Å². The molecule has 1 aromatic carbocycles. The van der Waals surface area contributed by atoms with E-state index in [1.807, 2.05) is 31.3 Å². The van der Waals surface area contributed by atoms with Crippen molar-refractivity contribution >= 4 is 33.9 Å². The lowest BCUT2D eigenvalue weighted by Gasteiger charge is -2.11. The maximum atomic E-state index is 5.97. The number of halogens is 1. The first-order valence-electron chi connectivity index (χ1n) is 6.16. The number of benzene rings is 1. The molecule has 0 radical (unpaired) electrons. The van der Waals surface area contributed by atoms with Crippen LogP contribution in [0.1, 0.15) is 16.7 Å². The number of thiophene rings is 1. The second-order valence-corrected chi connectivity index (χ2v) is 6.24. The third-order valence-corrected chi connectivity index (χ3v) is 4.42. The van der Waals surface area contributed by atoms with Crippen LogP contribution in [-0.4, -0.2) is 7.05 Å². The van der Waals surface area contributed by atoms with E-state index in [9.17, 15) is 0 Å². The van der Waals surface area contributed by atoms with Crippen molar-refractivity contribution in [2.75, 3.05) is 7.05 Å². The Kier molecular flexibility index (Phi) is 3.60. The van der Waals surface area contributed by atoms with Crippen LogP contribution in [0.2, 0.25) is 4.34 Å². The standard InChI is InChI=1S/C15H14ClNOS/c1-17-12(9-11-6-7-15(16)19-11)14-8-10-4-2-3-5-13(10)18-14/h2-8,12,17H,9H2,1H3. The molecule has 0 aliphatic rings. The predicted molar refractivity (Wildman–Crippen MR) is 81.0 cm³/mol. The first kappa shape index (κ1) is 12.7. The van der Waals surface area contributed by atoms with E-state index in [1.54, 1.807) is 11.3 Å². The Morgan fingerprint density at radius 1 is 1.26 bits per heavy atom. The molecule has 0 fully saturated rings. The highest BCUT2D eigenvalue weighted by Crippen LogP contribution is 2.29. The highest BCUT2D eigenvalue weighted by Gasteiger charge is 2.16. The Balaban J connectivity index is 1.88. The summed E-state index contributed by atoms with van der Waals surface area (Å²) in [6.07, 6.45) is 0.883. The number of furan rings is 1. The summed E-state index contributed by atoms with van der Waals surface area (Å²) >= 11 is 7.59. The second-order valence-electron chi connectivity index (χ2n) is 4.44. The van der Waals surface area contributed by atoms with Gasteiger partial charge in [0.2, 0.25) is 0 Å². The molecular formula is C15H14ClNOS. The summed E-state index contributed by atoms with van der Waals surface area (Å²) in [5.74, 6) is 0.966. The Labute approximate surface area is 121 Å². The fourth-order valence-electron chi connectivity index (χ4n) is 2.18. The van der Waals surface area contributed by atoms with Crippen molar-refractivity contribution in [2.45, 2.75) is 12.5 Å². The van der Waals surface area contributed by atoms with Gasteiger partial charge in [-0.2, -0.15) is 0 Å². The van der Waals surface area contributed by atoms with Crippen LogP contribution < -0.4 is 5.32 Å². The zero-order chi connectivity index (χ0) is 13.2. The predicted octanol–water partition coefficient (Wildman–Crippen LogP) is 4.65. The number of fused-ring (bicyclic) bond motifs is 1. The summed E-state index contributed by atoms with van der Waals surface area (Å²) in [4.78, 5) is 1.25. The lowest BCUT2D eigenvalue weighted by molar-refractivity contribution is 0.452. The molecule has 2 heterocycles. The molecule has 19 heavy (non-hydrogen) atoms. The van der Waals surface area contributed by atoms with Crippen LogP contribution in [0.4, 0.5) is 0 Å². The first-order chi connectivity index (χ1) is 9.26. The fourth-order valence-corrected chi connectivity index (χ4v) is 3.31. The Morgan fingerprint density at radius 2 is 2.11 bits per heavy atom. The Morgan fingerprint density at radius 3 is 2.79 bits per heavy atom. The van der Waals surface area contributed by atoms with Crippen molar-refractivity contribution in [3.63, 3.8) is 0 Å². The van der Waals surface area contributed by atoms with Gasteiger partial charge in [0.05, 0.1) is 10.4 Å². The van der Waals surface area contributed by atoms with E-state index in [1.165, 1.54) is 4.88 Å². The lowest BCUT2D eigenvalue weighted by atomic mass is 10.1. The summed E-state index contributed by atoms with van der Waals surface area (Å²) in [5, 5.41) is 4.45. The number of rotatable bonds is 4. The van der Waals surface area contributed by atoms with E-state index in [-0.39, 0.29) is 6.04 Å². The SMILES string of the molecule is CNC(Cc1ccc(Cl)s1)c1cc2ccccc2o1. The number of nitrogens with one attached hydrogen (secondary N) is 1. The molecule has 3 aromatic rings. The summed E-state index contributed by atoms with van der Waals surface area (Å²) in [5.41, 5.74) is 0.932. The largest absolute Gasteiger partial charge is 0.459 e. The van der Waals surface area contributed by atoms with Crippen LogP contribution >= 0.6 is 22.9 Å². The van der Waals surface area contributed by atoms with E-state index in [0.717, 1.165) is 27.5 Å². The van der Waals surface area contributed by atoms with Crippen molar-refractivity contribution in [3.05, 3.63) is 57.4 Å². The normalized spacial score (nSPS) is 12.9. The van der Waals surface area contributed by atoms with E-state index < -0.39 is 0 Å². The molecule has 1 N–H and O–H groups in total. The molecule has 4 heteroatoms. The van der Waals surface area contributed by atoms with E-state index in [2.05, 4.69) is 23.5 Å². The summed E-state index contributed by atoms with van der Waals surface area (Å²) < 4.78 is 6.74. The molecule has 3 rings (SSSR count). The Hall–Kier alpha value is -1.29. The van der Waals surface area contributed by atoms with Crippen molar-refractivity contribution < 1.29 is 4.42 Å². The van der Waals surface area contributed by atoms with Gasteiger partial charge in [-0.05, 0) is 31.3 Å². The second kappa shape index (κ2) is 5.37. The van der Waals surface area contributed by atoms with Gasteiger partial charge < -0.3 is 9.73 Å². The first-order valence-corrected chi connectivity index (χ1v) is 7.35. The quantitative estimate of drug-likeness (QED) is 0.757. The number of likely N-dealkylation sites (N-methyl/N-ethyl adjacent to an activating group) is 1. The van der Waals surface area contributed by atoms with Crippen molar-refractivity contribution in [1.29, 1.82) is 0 Å². The third kappa shape index (κ3) is 2.68. The highest BCUT2D eigenvalue weighted by molar-refractivity contribution is 7.16. The van der Waals surface area contributed by atoms with Crippen LogP contribution in [0.5, 0.6) is 0 Å². The molecule has 0 saturated carbocycles. The van der Waals surface area contributed by atoms with Gasteiger partial charge in [0, 0.05) is 16.7 Å². The number of hydrogen-bond acceptors (Lipinski definition) is 3. The topological polar surface area (TPSA) is 25.2 Å². The molecule has 0 aliphatic heterocycles. The lowest BCUT2D eigenvalue weighted by Crippen LogP contribution is -2.17. The van der Waals surface area contributed by atoms with Gasteiger partial charge in [0.1, 0.15) is 11.3 Å². The smallest absolute Gasteiger partial charge is 0.134 e. The van der Waals surface area contributed by atoms with E-state index in [0.29, 0.717) is 0 Å². The Bertz CT molecular complexity index is 655. The van der Waals surface area contributed by atoms with Crippen LogP contribution in [0.3, 0.4) is 0 Å². The number of para-hydroxylation sites is 1. The average molecular weight is 292 g/mol. The molecule has 0 amide bonds. The fraction of sp³-hybridized carbons (Fsp3) is 0.200. The van der Waals surface area contributed by atoms with Gasteiger partial charge in [-0.3, -0.25) is 0 Å². The molecule has 0 bridgehead atoms. The number of hydrogen-bond donors (Lipinski definition) is 1. The summed E-state index contributed by atoms with van der Waals surface area (Å²) in [6, 6.07) is 14.4. The van der Waals surface area contributed by atoms with Crippen LogP contribution in [0.15, 0.2) is 46.9 Å². The third-order valence-electron chi connectivity index (χ3n) is 3.17. The van der Waals surface area contributed by atoms with Gasteiger partial charge in [-0.1, -0.05) is 29.8 Å². The van der Waals surface area contributed by atoms with E-state index in [4.69, 9.17) is 16.0 Å². The molecule has 0 saturated heterocycles. The average Bonchev–Trinajstić information content (AvgIpc) is 3.01. The van der Waals surface area contributed by atoms with Gasteiger partial charge >= 0.3 is 0 Å². The molecule has 98 valence electrons.